The van der Waals surface area contributed by atoms with E-state index >= 15 is 0 Å². The van der Waals surface area contributed by atoms with Gasteiger partial charge in [-0.1, -0.05) is 18.6 Å². The normalized spacial score (nSPS) is 17.9. The van der Waals surface area contributed by atoms with Crippen molar-refractivity contribution in [3.8, 4) is 0 Å². The molecule has 1 atom stereocenters. The fourth-order valence-electron chi connectivity index (χ4n) is 2.22. The summed E-state index contributed by atoms with van der Waals surface area (Å²) >= 11 is 0. The molecule has 4 N–H and O–H groups in total. The second kappa shape index (κ2) is 7.87. The first-order valence-corrected chi connectivity index (χ1v) is 6.56. The van der Waals surface area contributed by atoms with Gasteiger partial charge in [-0.15, -0.1) is 12.4 Å². The Morgan fingerprint density at radius 3 is 2.80 bits per heavy atom. The Morgan fingerprint density at radius 2 is 2.15 bits per heavy atom. The number of halogens is 1. The number of hydrogen-bond donors (Lipinski definition) is 3. The minimum atomic E-state index is -0.456. The van der Waals surface area contributed by atoms with E-state index in [1.807, 2.05) is 6.07 Å². The highest BCUT2D eigenvalue weighted by molar-refractivity contribution is 5.92. The molecule has 1 aliphatic rings. The smallest absolute Gasteiger partial charge is 0.248 e. The van der Waals surface area contributed by atoms with Gasteiger partial charge in [0.2, 0.25) is 11.8 Å². The van der Waals surface area contributed by atoms with Crippen LogP contribution in [0.1, 0.15) is 35.2 Å². The number of nitrogens with one attached hydrogen (secondary N) is 2. The first kappa shape index (κ1) is 16.5. The van der Waals surface area contributed by atoms with Crippen molar-refractivity contribution >= 4 is 24.2 Å². The molecule has 5 nitrogen and oxygen atoms in total. The van der Waals surface area contributed by atoms with Crippen LogP contribution in [0.15, 0.2) is 24.3 Å². The Hall–Kier alpha value is -1.59. The lowest BCUT2D eigenvalue weighted by Gasteiger charge is -2.22. The van der Waals surface area contributed by atoms with Gasteiger partial charge >= 0.3 is 0 Å². The Bertz CT molecular complexity index is 473. The Kier molecular flexibility index (Phi) is 6.48. The molecule has 1 aromatic rings. The zero-order chi connectivity index (χ0) is 13.7. The average molecular weight is 298 g/mol. The van der Waals surface area contributed by atoms with E-state index in [0.29, 0.717) is 12.1 Å². The monoisotopic (exact) mass is 297 g/mol. The van der Waals surface area contributed by atoms with Crippen LogP contribution < -0.4 is 16.4 Å². The van der Waals surface area contributed by atoms with Crippen LogP contribution in [0.2, 0.25) is 0 Å². The second-order valence-electron chi connectivity index (χ2n) is 4.78. The van der Waals surface area contributed by atoms with Gasteiger partial charge in [0.1, 0.15) is 0 Å². The Morgan fingerprint density at radius 1 is 1.35 bits per heavy atom. The van der Waals surface area contributed by atoms with E-state index in [0.717, 1.165) is 31.4 Å². The number of carbonyl (C=O) groups is 2. The predicted octanol–water partition coefficient (Wildman–Crippen LogP) is 0.966. The van der Waals surface area contributed by atoms with Gasteiger partial charge < -0.3 is 16.4 Å². The highest BCUT2D eigenvalue weighted by Gasteiger charge is 2.19. The molecular weight excluding hydrogens is 278 g/mol. The van der Waals surface area contributed by atoms with Gasteiger partial charge in [-0.2, -0.15) is 0 Å². The van der Waals surface area contributed by atoms with Crippen LogP contribution in [0.25, 0.3) is 0 Å². The van der Waals surface area contributed by atoms with Crippen LogP contribution >= 0.6 is 12.4 Å². The van der Waals surface area contributed by atoms with Crippen molar-refractivity contribution in [2.45, 2.75) is 31.8 Å². The molecule has 110 valence electrons. The average Bonchev–Trinajstić information content (AvgIpc) is 2.46. The summed E-state index contributed by atoms with van der Waals surface area (Å²) in [6.07, 6.45) is 3.10. The predicted molar refractivity (Wildman–Crippen MR) is 79.7 cm³/mol. The summed E-state index contributed by atoms with van der Waals surface area (Å²) in [4.78, 5) is 23.0. The quantitative estimate of drug-likeness (QED) is 0.774. The van der Waals surface area contributed by atoms with Gasteiger partial charge in [-0.05, 0) is 37.1 Å². The maximum Gasteiger partial charge on any atom is 0.248 e. The van der Waals surface area contributed by atoms with Crippen LogP contribution in [0.5, 0.6) is 0 Å². The van der Waals surface area contributed by atoms with E-state index in [2.05, 4.69) is 10.6 Å². The van der Waals surface area contributed by atoms with E-state index in [-0.39, 0.29) is 24.4 Å². The highest BCUT2D eigenvalue weighted by atomic mass is 35.5. The Balaban J connectivity index is 0.00000200. The topological polar surface area (TPSA) is 84.2 Å². The summed E-state index contributed by atoms with van der Waals surface area (Å²) in [5.41, 5.74) is 6.56. The van der Waals surface area contributed by atoms with Gasteiger partial charge in [0.25, 0.3) is 0 Å². The van der Waals surface area contributed by atoms with Crippen molar-refractivity contribution in [3.63, 3.8) is 0 Å². The van der Waals surface area contributed by atoms with E-state index in [1.54, 1.807) is 18.2 Å². The van der Waals surface area contributed by atoms with Crippen LogP contribution in [0, 0.1) is 0 Å². The number of piperidine rings is 1. The number of benzene rings is 1. The number of carbonyl (C=O) groups excluding carboxylic acids is 2. The van der Waals surface area contributed by atoms with Crippen molar-refractivity contribution in [2.75, 3.05) is 6.54 Å². The van der Waals surface area contributed by atoms with E-state index in [4.69, 9.17) is 5.73 Å². The molecule has 1 saturated heterocycles. The molecule has 20 heavy (non-hydrogen) atoms. The number of nitrogens with two attached hydrogens (primary N) is 1. The molecule has 6 heteroatoms. The van der Waals surface area contributed by atoms with E-state index < -0.39 is 5.91 Å². The van der Waals surface area contributed by atoms with Crippen molar-refractivity contribution < 1.29 is 9.59 Å². The zero-order valence-electron chi connectivity index (χ0n) is 11.2. The second-order valence-corrected chi connectivity index (χ2v) is 4.78. The summed E-state index contributed by atoms with van der Waals surface area (Å²) in [5, 5.41) is 6.08. The molecular formula is C14H20ClN3O2. The van der Waals surface area contributed by atoms with Gasteiger partial charge in [-0.25, -0.2) is 0 Å². The number of rotatable bonds is 4. The minimum absolute atomic E-state index is 0. The van der Waals surface area contributed by atoms with Crippen molar-refractivity contribution in [2.24, 2.45) is 5.73 Å². The molecule has 2 amide bonds. The standard InChI is InChI=1S/C14H19N3O2.ClH/c15-13(18)11-5-3-4-10(8-11)9-17-14(19)12-6-1-2-7-16-12;/h3-5,8,12,16H,1-2,6-7,9H2,(H2,15,18)(H,17,19);1H. The van der Waals surface area contributed by atoms with Crippen molar-refractivity contribution in [3.05, 3.63) is 35.4 Å². The maximum absolute atomic E-state index is 11.9. The summed E-state index contributed by atoms with van der Waals surface area (Å²) in [6.45, 7) is 1.31. The lowest BCUT2D eigenvalue weighted by atomic mass is 10.0. The summed E-state index contributed by atoms with van der Waals surface area (Å²) in [5.74, 6) is -0.439. The third kappa shape index (κ3) is 4.51. The van der Waals surface area contributed by atoms with Crippen LogP contribution in [-0.4, -0.2) is 24.4 Å². The maximum atomic E-state index is 11.9. The van der Waals surface area contributed by atoms with Crippen LogP contribution in [0.3, 0.4) is 0 Å². The third-order valence-electron chi connectivity index (χ3n) is 3.31. The van der Waals surface area contributed by atoms with Crippen molar-refractivity contribution in [1.29, 1.82) is 0 Å². The lowest BCUT2D eigenvalue weighted by Crippen LogP contribution is -2.46. The minimum Gasteiger partial charge on any atom is -0.366 e. The first-order valence-electron chi connectivity index (χ1n) is 6.56. The summed E-state index contributed by atoms with van der Waals surface area (Å²) < 4.78 is 0. The molecule has 0 radical (unpaired) electrons. The van der Waals surface area contributed by atoms with Crippen LogP contribution in [-0.2, 0) is 11.3 Å². The number of hydrogen-bond acceptors (Lipinski definition) is 3. The van der Waals surface area contributed by atoms with E-state index in [9.17, 15) is 9.59 Å². The largest absolute Gasteiger partial charge is 0.366 e. The molecule has 1 aromatic carbocycles. The molecule has 0 spiro atoms. The number of primary amides is 1. The van der Waals surface area contributed by atoms with E-state index in [1.165, 1.54) is 0 Å². The fourth-order valence-corrected chi connectivity index (χ4v) is 2.22. The molecule has 0 aliphatic carbocycles. The third-order valence-corrected chi connectivity index (χ3v) is 3.31. The Labute approximate surface area is 124 Å². The molecule has 1 heterocycles. The first-order chi connectivity index (χ1) is 9.16. The molecule has 0 aromatic heterocycles. The van der Waals surface area contributed by atoms with Crippen LogP contribution in [0.4, 0.5) is 0 Å². The molecule has 1 fully saturated rings. The molecule has 1 unspecified atom stereocenters. The fraction of sp³-hybridized carbons (Fsp3) is 0.429. The molecule has 2 rings (SSSR count). The van der Waals surface area contributed by atoms with Gasteiger partial charge in [0.15, 0.2) is 0 Å². The summed E-state index contributed by atoms with van der Waals surface area (Å²) in [7, 11) is 0. The molecule has 0 saturated carbocycles. The lowest BCUT2D eigenvalue weighted by molar-refractivity contribution is -0.123. The molecule has 1 aliphatic heterocycles. The number of amides is 2. The SMILES string of the molecule is Cl.NC(=O)c1cccc(CNC(=O)C2CCCCN2)c1. The molecule has 0 bridgehead atoms. The van der Waals surface area contributed by atoms with Gasteiger partial charge in [0.05, 0.1) is 6.04 Å². The van der Waals surface area contributed by atoms with Crippen molar-refractivity contribution in [1.82, 2.24) is 10.6 Å². The highest BCUT2D eigenvalue weighted by Crippen LogP contribution is 2.08. The van der Waals surface area contributed by atoms with Gasteiger partial charge in [-0.3, -0.25) is 9.59 Å². The van der Waals surface area contributed by atoms with Gasteiger partial charge in [0, 0.05) is 12.1 Å². The summed E-state index contributed by atoms with van der Waals surface area (Å²) in [6, 6.07) is 6.91. The zero-order valence-corrected chi connectivity index (χ0v) is 12.0.